The van der Waals surface area contributed by atoms with Crippen molar-refractivity contribution < 1.29 is 13.9 Å². The molecule has 0 fully saturated rings. The van der Waals surface area contributed by atoms with Gasteiger partial charge in [-0.3, -0.25) is 9.36 Å². The molecule has 0 bridgehead atoms. The third kappa shape index (κ3) is 5.12. The lowest BCUT2D eigenvalue weighted by molar-refractivity contribution is -0.113. The molecule has 0 aliphatic carbocycles. The van der Waals surface area contributed by atoms with E-state index in [0.717, 1.165) is 22.7 Å². The second kappa shape index (κ2) is 9.89. The Bertz CT molecular complexity index is 1210. The first kappa shape index (κ1) is 21.9. The number of amides is 1. The van der Waals surface area contributed by atoms with Crippen LogP contribution in [0.2, 0.25) is 5.02 Å². The number of carbonyl (C=O) groups excluding carboxylic acids is 1. The number of aromatic nitrogens is 2. The molecule has 0 saturated carbocycles. The smallest absolute Gasteiger partial charge is 0.234 e. The minimum absolute atomic E-state index is 0.156. The van der Waals surface area contributed by atoms with Crippen molar-refractivity contribution in [2.24, 2.45) is 0 Å². The number of rotatable bonds is 7. The Labute approximate surface area is 194 Å². The summed E-state index contributed by atoms with van der Waals surface area (Å²) >= 11 is 7.18. The highest BCUT2D eigenvalue weighted by atomic mass is 35.5. The van der Waals surface area contributed by atoms with E-state index in [4.69, 9.17) is 16.3 Å². The molecule has 4 rings (SSSR count). The Kier molecular flexibility index (Phi) is 6.78. The summed E-state index contributed by atoms with van der Waals surface area (Å²) in [7, 11) is 1.61. The van der Waals surface area contributed by atoms with Gasteiger partial charge in [-0.15, -0.1) is 0 Å². The SMILES string of the molecule is COc1ccc(-c2cnc(SCC(=O)Nc3ccc(Cl)cc3)n2-c2ccc(F)cc2)cc1. The van der Waals surface area contributed by atoms with Gasteiger partial charge in [-0.25, -0.2) is 9.37 Å². The van der Waals surface area contributed by atoms with Gasteiger partial charge in [0.05, 0.1) is 24.8 Å². The van der Waals surface area contributed by atoms with Gasteiger partial charge in [0.15, 0.2) is 5.16 Å². The highest BCUT2D eigenvalue weighted by Crippen LogP contribution is 2.31. The van der Waals surface area contributed by atoms with Crippen molar-refractivity contribution in [3.8, 4) is 22.7 Å². The summed E-state index contributed by atoms with van der Waals surface area (Å²) in [6.45, 7) is 0. The van der Waals surface area contributed by atoms with Gasteiger partial charge in [-0.05, 0) is 72.8 Å². The number of hydrogen-bond acceptors (Lipinski definition) is 4. The minimum Gasteiger partial charge on any atom is -0.497 e. The highest BCUT2D eigenvalue weighted by Gasteiger charge is 2.16. The van der Waals surface area contributed by atoms with Gasteiger partial charge in [0, 0.05) is 22.0 Å². The number of carbonyl (C=O) groups is 1. The topological polar surface area (TPSA) is 56.1 Å². The van der Waals surface area contributed by atoms with Crippen molar-refractivity contribution in [1.82, 2.24) is 9.55 Å². The molecule has 0 radical (unpaired) electrons. The zero-order valence-electron chi connectivity index (χ0n) is 17.1. The Morgan fingerprint density at radius 3 is 2.41 bits per heavy atom. The third-order valence-electron chi connectivity index (χ3n) is 4.66. The van der Waals surface area contributed by atoms with Gasteiger partial charge in [0.1, 0.15) is 11.6 Å². The van der Waals surface area contributed by atoms with Crippen LogP contribution in [0.1, 0.15) is 0 Å². The largest absolute Gasteiger partial charge is 0.497 e. The summed E-state index contributed by atoms with van der Waals surface area (Å²) in [5, 5.41) is 4.06. The first-order valence-corrected chi connectivity index (χ1v) is 11.1. The molecule has 8 heteroatoms. The molecule has 1 amide bonds. The average Bonchev–Trinajstić information content (AvgIpc) is 3.24. The molecule has 0 aliphatic rings. The number of anilines is 1. The number of hydrogen-bond donors (Lipinski definition) is 1. The van der Waals surface area contributed by atoms with E-state index in [1.54, 1.807) is 49.7 Å². The number of benzene rings is 3. The van der Waals surface area contributed by atoms with Crippen molar-refractivity contribution in [3.05, 3.63) is 89.8 Å². The summed E-state index contributed by atoms with van der Waals surface area (Å²) in [5.74, 6) is 0.409. The lowest BCUT2D eigenvalue weighted by Crippen LogP contribution is -2.14. The maximum atomic E-state index is 13.5. The van der Waals surface area contributed by atoms with Gasteiger partial charge in [0.25, 0.3) is 0 Å². The van der Waals surface area contributed by atoms with Crippen LogP contribution in [0.3, 0.4) is 0 Å². The average molecular weight is 468 g/mol. The number of imidazole rings is 1. The predicted octanol–water partition coefficient (Wildman–Crippen LogP) is 6.07. The van der Waals surface area contributed by atoms with Gasteiger partial charge >= 0.3 is 0 Å². The predicted molar refractivity (Wildman–Crippen MR) is 126 cm³/mol. The fourth-order valence-corrected chi connectivity index (χ4v) is 4.02. The van der Waals surface area contributed by atoms with E-state index in [0.29, 0.717) is 15.9 Å². The van der Waals surface area contributed by atoms with Crippen LogP contribution >= 0.6 is 23.4 Å². The molecular formula is C24H19ClFN3O2S. The first-order valence-electron chi connectivity index (χ1n) is 9.70. The summed E-state index contributed by atoms with van der Waals surface area (Å²) in [6, 6.07) is 20.7. The Balaban J connectivity index is 1.59. The van der Waals surface area contributed by atoms with E-state index in [1.807, 2.05) is 28.8 Å². The molecule has 0 saturated heterocycles. The number of halogens is 2. The zero-order chi connectivity index (χ0) is 22.5. The molecule has 1 N–H and O–H groups in total. The minimum atomic E-state index is -0.323. The third-order valence-corrected chi connectivity index (χ3v) is 5.87. The van der Waals surface area contributed by atoms with E-state index in [1.165, 1.54) is 23.9 Å². The van der Waals surface area contributed by atoms with Crippen LogP contribution in [-0.4, -0.2) is 28.3 Å². The van der Waals surface area contributed by atoms with E-state index in [-0.39, 0.29) is 17.5 Å². The van der Waals surface area contributed by atoms with E-state index < -0.39 is 0 Å². The number of methoxy groups -OCH3 is 1. The summed E-state index contributed by atoms with van der Waals surface area (Å²) < 4.78 is 20.7. The number of ether oxygens (including phenoxy) is 1. The fraction of sp³-hybridized carbons (Fsp3) is 0.0833. The molecule has 1 aromatic heterocycles. The molecule has 162 valence electrons. The van der Waals surface area contributed by atoms with Crippen LogP contribution < -0.4 is 10.1 Å². The Hall–Kier alpha value is -3.29. The van der Waals surface area contributed by atoms with Crippen LogP contribution in [0.25, 0.3) is 16.9 Å². The molecular weight excluding hydrogens is 449 g/mol. The quantitative estimate of drug-likeness (QED) is 0.335. The maximum absolute atomic E-state index is 13.5. The van der Waals surface area contributed by atoms with Crippen LogP contribution in [0.15, 0.2) is 84.1 Å². The molecule has 0 atom stereocenters. The molecule has 3 aromatic carbocycles. The van der Waals surface area contributed by atoms with Crippen molar-refractivity contribution in [2.45, 2.75) is 5.16 Å². The fourth-order valence-electron chi connectivity index (χ4n) is 3.10. The Morgan fingerprint density at radius 2 is 1.75 bits per heavy atom. The standard InChI is InChI=1S/C24H19ClFN3O2S/c1-31-21-12-2-16(3-13-21)22-14-27-24(29(22)20-10-6-18(26)7-11-20)32-15-23(30)28-19-8-4-17(25)5-9-19/h2-14H,15H2,1H3,(H,28,30). The van der Waals surface area contributed by atoms with E-state index in [2.05, 4.69) is 10.3 Å². The van der Waals surface area contributed by atoms with Gasteiger partial charge < -0.3 is 10.1 Å². The molecule has 4 aromatic rings. The highest BCUT2D eigenvalue weighted by molar-refractivity contribution is 7.99. The van der Waals surface area contributed by atoms with Crippen molar-refractivity contribution in [3.63, 3.8) is 0 Å². The molecule has 0 aliphatic heterocycles. The normalized spacial score (nSPS) is 10.7. The molecule has 1 heterocycles. The summed E-state index contributed by atoms with van der Waals surface area (Å²) in [4.78, 5) is 17.0. The number of thioether (sulfide) groups is 1. The van der Waals surface area contributed by atoms with Gasteiger partial charge in [0.2, 0.25) is 5.91 Å². The van der Waals surface area contributed by atoms with Gasteiger partial charge in [-0.2, -0.15) is 0 Å². The maximum Gasteiger partial charge on any atom is 0.234 e. The van der Waals surface area contributed by atoms with E-state index >= 15 is 0 Å². The molecule has 0 unspecified atom stereocenters. The van der Waals surface area contributed by atoms with Crippen molar-refractivity contribution >= 4 is 35.0 Å². The van der Waals surface area contributed by atoms with Gasteiger partial charge in [-0.1, -0.05) is 23.4 Å². The zero-order valence-corrected chi connectivity index (χ0v) is 18.7. The van der Waals surface area contributed by atoms with E-state index in [9.17, 15) is 9.18 Å². The summed E-state index contributed by atoms with van der Waals surface area (Å²) in [6.07, 6.45) is 1.74. The van der Waals surface area contributed by atoms with Crippen LogP contribution in [0, 0.1) is 5.82 Å². The first-order chi connectivity index (χ1) is 15.5. The second-order valence-electron chi connectivity index (χ2n) is 6.81. The number of nitrogens with zero attached hydrogens (tertiary/aromatic N) is 2. The van der Waals surface area contributed by atoms with Crippen LogP contribution in [0.4, 0.5) is 10.1 Å². The monoisotopic (exact) mass is 467 g/mol. The summed E-state index contributed by atoms with van der Waals surface area (Å²) in [5.41, 5.74) is 3.15. The van der Waals surface area contributed by atoms with Crippen LogP contribution in [-0.2, 0) is 4.79 Å². The van der Waals surface area contributed by atoms with Crippen LogP contribution in [0.5, 0.6) is 5.75 Å². The molecule has 0 spiro atoms. The molecule has 5 nitrogen and oxygen atoms in total. The lowest BCUT2D eigenvalue weighted by Gasteiger charge is -2.13. The van der Waals surface area contributed by atoms with Crippen molar-refractivity contribution in [1.29, 1.82) is 0 Å². The molecule has 32 heavy (non-hydrogen) atoms. The Morgan fingerprint density at radius 1 is 1.06 bits per heavy atom. The van der Waals surface area contributed by atoms with Crippen molar-refractivity contribution in [2.75, 3.05) is 18.2 Å². The number of nitrogens with one attached hydrogen (secondary N) is 1. The second-order valence-corrected chi connectivity index (χ2v) is 8.19. The lowest BCUT2D eigenvalue weighted by atomic mass is 10.1.